The maximum atomic E-state index is 12.0. The zero-order valence-corrected chi connectivity index (χ0v) is 19.2. The summed E-state index contributed by atoms with van der Waals surface area (Å²) in [5, 5.41) is 14.6. The molecule has 1 saturated heterocycles. The summed E-state index contributed by atoms with van der Waals surface area (Å²) < 4.78 is 2.84. The number of aromatic hydroxyl groups is 1. The second-order valence-corrected chi connectivity index (χ2v) is 9.65. The van der Waals surface area contributed by atoms with Gasteiger partial charge in [-0.05, 0) is 38.1 Å². The molecular formula is C23H28N6O2S. The molecule has 0 amide bonds. The molecule has 0 aliphatic carbocycles. The molecule has 2 N–H and O–H groups in total. The molecular weight excluding hydrogens is 424 g/mol. The number of hydrogen-bond acceptors (Lipinski definition) is 7. The van der Waals surface area contributed by atoms with Gasteiger partial charge in [-0.25, -0.2) is 9.79 Å². The number of fused-ring (bicyclic) bond motifs is 2. The van der Waals surface area contributed by atoms with Gasteiger partial charge in [0.2, 0.25) is 5.88 Å². The van der Waals surface area contributed by atoms with E-state index in [2.05, 4.69) is 40.2 Å². The number of piperazine rings is 1. The number of aryl methyl sites for hydroxylation is 2. The third-order valence-corrected chi connectivity index (χ3v) is 7.09. The first-order valence-electron chi connectivity index (χ1n) is 11.0. The third-order valence-electron chi connectivity index (χ3n) is 6.12. The van der Waals surface area contributed by atoms with E-state index in [4.69, 9.17) is 4.99 Å². The number of para-hydroxylation sites is 2. The number of aliphatic imine (C=N–C) groups is 1. The van der Waals surface area contributed by atoms with Crippen LogP contribution in [0.1, 0.15) is 16.9 Å². The Bertz CT molecular complexity index is 1220. The summed E-state index contributed by atoms with van der Waals surface area (Å²) >= 11 is 1.77. The van der Waals surface area contributed by atoms with Gasteiger partial charge in [-0.3, -0.25) is 14.0 Å². The molecule has 0 spiro atoms. The van der Waals surface area contributed by atoms with Crippen molar-refractivity contribution < 1.29 is 5.11 Å². The highest BCUT2D eigenvalue weighted by atomic mass is 32.1. The van der Waals surface area contributed by atoms with Crippen molar-refractivity contribution >= 4 is 33.5 Å². The van der Waals surface area contributed by atoms with Crippen LogP contribution >= 0.6 is 11.3 Å². The van der Waals surface area contributed by atoms with Crippen molar-refractivity contribution in [1.29, 1.82) is 0 Å². The molecule has 32 heavy (non-hydrogen) atoms. The average Bonchev–Trinajstić information content (AvgIpc) is 3.20. The van der Waals surface area contributed by atoms with E-state index in [-0.39, 0.29) is 11.6 Å². The number of imidazole rings is 1. The van der Waals surface area contributed by atoms with E-state index in [1.165, 1.54) is 25.8 Å². The lowest BCUT2D eigenvalue weighted by molar-refractivity contribution is 0.178. The van der Waals surface area contributed by atoms with E-state index in [0.29, 0.717) is 6.54 Å². The number of aromatic nitrogens is 2. The van der Waals surface area contributed by atoms with Crippen molar-refractivity contribution in [2.75, 3.05) is 38.0 Å². The molecule has 0 saturated carbocycles. The van der Waals surface area contributed by atoms with Gasteiger partial charge < -0.3 is 15.3 Å². The lowest BCUT2D eigenvalue weighted by atomic mass is 10.2. The molecule has 2 aliphatic heterocycles. The SMILES string of the molecule is Cc1cc2c(s1)Nc1ccccc1N=C2N1CCN(CCCn2c(O)cn(C)c2=O)CC1. The maximum Gasteiger partial charge on any atom is 0.330 e. The van der Waals surface area contributed by atoms with E-state index >= 15 is 0 Å². The van der Waals surface area contributed by atoms with E-state index in [1.807, 2.05) is 12.1 Å². The summed E-state index contributed by atoms with van der Waals surface area (Å²) in [6.45, 7) is 7.27. The fourth-order valence-electron chi connectivity index (χ4n) is 4.42. The van der Waals surface area contributed by atoms with E-state index in [9.17, 15) is 9.90 Å². The molecule has 8 nitrogen and oxygen atoms in total. The number of benzene rings is 1. The fraction of sp³-hybridized carbons (Fsp3) is 0.391. The van der Waals surface area contributed by atoms with Gasteiger partial charge in [-0.2, -0.15) is 0 Å². The molecule has 0 atom stereocenters. The number of anilines is 2. The van der Waals surface area contributed by atoms with Crippen LogP contribution in [0.2, 0.25) is 0 Å². The first-order valence-corrected chi connectivity index (χ1v) is 11.8. The number of rotatable bonds is 4. The molecule has 9 heteroatoms. The molecule has 168 valence electrons. The summed E-state index contributed by atoms with van der Waals surface area (Å²) in [4.78, 5) is 23.2. The minimum atomic E-state index is -0.172. The van der Waals surface area contributed by atoms with Crippen molar-refractivity contribution in [2.45, 2.75) is 19.9 Å². The Labute approximate surface area is 191 Å². The van der Waals surface area contributed by atoms with Gasteiger partial charge >= 0.3 is 5.69 Å². The minimum Gasteiger partial charge on any atom is -0.493 e. The van der Waals surface area contributed by atoms with Gasteiger partial charge in [0.25, 0.3) is 0 Å². The number of amidine groups is 1. The van der Waals surface area contributed by atoms with Crippen molar-refractivity contribution in [3.05, 3.63) is 57.5 Å². The molecule has 0 radical (unpaired) electrons. The van der Waals surface area contributed by atoms with Crippen LogP contribution in [0.5, 0.6) is 5.88 Å². The molecule has 5 rings (SSSR count). The van der Waals surface area contributed by atoms with Gasteiger partial charge in [0.1, 0.15) is 10.8 Å². The van der Waals surface area contributed by atoms with Gasteiger partial charge in [0.15, 0.2) is 0 Å². The number of nitrogens with zero attached hydrogens (tertiary/aromatic N) is 5. The standard InChI is InChI=1S/C23H28N6O2S/c1-16-14-17-21(24-18-6-3-4-7-19(18)25-22(17)32-16)28-12-10-27(11-13-28)8-5-9-29-20(30)15-26(2)23(29)31/h3-4,6-7,14-15,25,30H,5,8-13H2,1-2H3. The lowest BCUT2D eigenvalue weighted by Gasteiger charge is -2.36. The monoisotopic (exact) mass is 452 g/mol. The van der Waals surface area contributed by atoms with Crippen LogP contribution in [-0.4, -0.2) is 62.6 Å². The molecule has 4 heterocycles. The fourth-order valence-corrected chi connectivity index (χ4v) is 5.34. The summed E-state index contributed by atoms with van der Waals surface area (Å²) in [5.41, 5.74) is 3.02. The Hall–Kier alpha value is -3.04. The smallest absolute Gasteiger partial charge is 0.330 e. The van der Waals surface area contributed by atoms with Crippen LogP contribution in [-0.2, 0) is 13.6 Å². The first kappa shape index (κ1) is 20.8. The van der Waals surface area contributed by atoms with Crippen LogP contribution < -0.4 is 11.0 Å². The quantitative estimate of drug-likeness (QED) is 0.636. The molecule has 2 aromatic heterocycles. The topological polar surface area (TPSA) is 78.0 Å². The van der Waals surface area contributed by atoms with E-state index in [1.54, 1.807) is 18.4 Å². The summed E-state index contributed by atoms with van der Waals surface area (Å²) in [5.74, 6) is 1.08. The molecule has 0 unspecified atom stereocenters. The predicted molar refractivity (Wildman–Crippen MR) is 129 cm³/mol. The van der Waals surface area contributed by atoms with E-state index < -0.39 is 0 Å². The van der Waals surface area contributed by atoms with Gasteiger partial charge in [-0.15, -0.1) is 11.3 Å². The highest BCUT2D eigenvalue weighted by Gasteiger charge is 2.26. The number of nitrogens with one attached hydrogen (secondary N) is 1. The normalized spacial score (nSPS) is 16.2. The second kappa shape index (κ2) is 8.48. The minimum absolute atomic E-state index is 0.0319. The van der Waals surface area contributed by atoms with Gasteiger partial charge in [0, 0.05) is 44.6 Å². The first-order chi connectivity index (χ1) is 15.5. The van der Waals surface area contributed by atoms with Crippen LogP contribution in [0.25, 0.3) is 0 Å². The number of hydrogen-bond donors (Lipinski definition) is 2. The Balaban J connectivity index is 1.25. The molecule has 0 bridgehead atoms. The molecule has 2 aliphatic rings. The third kappa shape index (κ3) is 3.93. The molecule has 1 fully saturated rings. The zero-order valence-electron chi connectivity index (χ0n) is 18.4. The van der Waals surface area contributed by atoms with Crippen LogP contribution in [0.3, 0.4) is 0 Å². The number of thiophene rings is 1. The van der Waals surface area contributed by atoms with Crippen LogP contribution in [0, 0.1) is 6.92 Å². The average molecular weight is 453 g/mol. The van der Waals surface area contributed by atoms with Crippen molar-refractivity contribution in [2.24, 2.45) is 12.0 Å². The van der Waals surface area contributed by atoms with Gasteiger partial charge in [-0.1, -0.05) is 12.1 Å². The van der Waals surface area contributed by atoms with Crippen molar-refractivity contribution in [3.8, 4) is 5.88 Å². The summed E-state index contributed by atoms with van der Waals surface area (Å²) in [7, 11) is 1.66. The van der Waals surface area contributed by atoms with Crippen molar-refractivity contribution in [1.82, 2.24) is 18.9 Å². The Morgan fingerprint density at radius 2 is 1.94 bits per heavy atom. The van der Waals surface area contributed by atoms with Crippen LogP contribution in [0.15, 0.2) is 46.3 Å². The largest absolute Gasteiger partial charge is 0.493 e. The molecule has 3 aromatic rings. The predicted octanol–water partition coefficient (Wildman–Crippen LogP) is 3.11. The maximum absolute atomic E-state index is 12.0. The summed E-state index contributed by atoms with van der Waals surface area (Å²) in [6.07, 6.45) is 2.28. The van der Waals surface area contributed by atoms with Crippen LogP contribution in [0.4, 0.5) is 16.4 Å². The Morgan fingerprint density at radius 3 is 2.69 bits per heavy atom. The summed E-state index contributed by atoms with van der Waals surface area (Å²) in [6, 6.07) is 10.4. The Morgan fingerprint density at radius 1 is 1.16 bits per heavy atom. The zero-order chi connectivity index (χ0) is 22.2. The Kier molecular flexibility index (Phi) is 5.52. The van der Waals surface area contributed by atoms with Crippen molar-refractivity contribution in [3.63, 3.8) is 0 Å². The van der Waals surface area contributed by atoms with Gasteiger partial charge in [0.05, 0.1) is 23.1 Å². The highest BCUT2D eigenvalue weighted by molar-refractivity contribution is 7.16. The molecule has 1 aromatic carbocycles. The highest BCUT2D eigenvalue weighted by Crippen LogP contribution is 2.39. The second-order valence-electron chi connectivity index (χ2n) is 8.39. The lowest BCUT2D eigenvalue weighted by Crippen LogP contribution is -2.49. The van der Waals surface area contributed by atoms with E-state index in [0.717, 1.165) is 61.4 Å².